The van der Waals surface area contributed by atoms with Crippen molar-refractivity contribution in [3.05, 3.63) is 23.3 Å². The number of aryl methyl sites for hydroxylation is 2. The van der Waals surface area contributed by atoms with Gasteiger partial charge in [-0.2, -0.15) is 4.31 Å². The fraction of sp³-hybridized carbons (Fsp3) is 0.571. The molecule has 1 saturated heterocycles. The average Bonchev–Trinajstić information content (AvgIpc) is 2.66. The summed E-state index contributed by atoms with van der Waals surface area (Å²) in [5.41, 5.74) is 1.73. The maximum Gasteiger partial charge on any atom is 0.247 e. The Hall–Kier alpha value is -1.11. The molecule has 112 valence electrons. The summed E-state index contributed by atoms with van der Waals surface area (Å²) >= 11 is 0. The second-order valence-electron chi connectivity index (χ2n) is 5.12. The van der Waals surface area contributed by atoms with Gasteiger partial charge in [0.05, 0.1) is 7.11 Å². The highest BCUT2D eigenvalue weighted by molar-refractivity contribution is 7.89. The maximum absolute atomic E-state index is 12.9. The van der Waals surface area contributed by atoms with E-state index in [2.05, 4.69) is 5.32 Å². The van der Waals surface area contributed by atoms with E-state index in [9.17, 15) is 8.42 Å². The van der Waals surface area contributed by atoms with Crippen molar-refractivity contribution in [3.63, 3.8) is 0 Å². The molecule has 0 bridgehead atoms. The van der Waals surface area contributed by atoms with Crippen LogP contribution < -0.4 is 10.1 Å². The van der Waals surface area contributed by atoms with Gasteiger partial charge >= 0.3 is 0 Å². The van der Waals surface area contributed by atoms with Gasteiger partial charge in [-0.05, 0) is 44.0 Å². The van der Waals surface area contributed by atoms with Crippen molar-refractivity contribution < 1.29 is 13.2 Å². The maximum atomic E-state index is 12.9. The number of benzene rings is 1. The second kappa shape index (κ2) is 6.11. The van der Waals surface area contributed by atoms with E-state index in [1.54, 1.807) is 10.4 Å². The van der Waals surface area contributed by atoms with Crippen LogP contribution in [0.25, 0.3) is 0 Å². The third-order valence-corrected chi connectivity index (χ3v) is 5.59. The number of rotatable bonds is 3. The topological polar surface area (TPSA) is 58.6 Å². The van der Waals surface area contributed by atoms with Gasteiger partial charge in [0.1, 0.15) is 10.6 Å². The minimum Gasteiger partial charge on any atom is -0.495 e. The molecule has 0 unspecified atom stereocenters. The number of hydrogen-bond acceptors (Lipinski definition) is 4. The SMILES string of the molecule is COc1cc(C)cc(C)c1S(=O)(=O)N1CCCNCC1. The fourth-order valence-corrected chi connectivity index (χ4v) is 4.41. The van der Waals surface area contributed by atoms with Crippen LogP contribution >= 0.6 is 0 Å². The van der Waals surface area contributed by atoms with Crippen molar-refractivity contribution in [1.29, 1.82) is 0 Å². The summed E-state index contributed by atoms with van der Waals surface area (Å²) in [6.45, 7) is 6.34. The predicted octanol–water partition coefficient (Wildman–Crippen LogP) is 1.30. The van der Waals surface area contributed by atoms with E-state index in [1.807, 2.05) is 19.9 Å². The molecular weight excluding hydrogens is 276 g/mol. The van der Waals surface area contributed by atoms with Crippen LogP contribution in [0.4, 0.5) is 0 Å². The van der Waals surface area contributed by atoms with Crippen LogP contribution in [0, 0.1) is 13.8 Å². The molecule has 0 amide bonds. The van der Waals surface area contributed by atoms with Crippen LogP contribution in [0.3, 0.4) is 0 Å². The largest absolute Gasteiger partial charge is 0.495 e. The lowest BCUT2D eigenvalue weighted by molar-refractivity contribution is 0.392. The molecule has 6 heteroatoms. The van der Waals surface area contributed by atoms with Crippen LogP contribution in [-0.4, -0.2) is 46.0 Å². The Balaban J connectivity index is 2.48. The predicted molar refractivity (Wildman–Crippen MR) is 78.7 cm³/mol. The molecule has 1 aromatic rings. The highest BCUT2D eigenvalue weighted by Gasteiger charge is 2.29. The summed E-state index contributed by atoms with van der Waals surface area (Å²) in [5.74, 6) is 0.430. The minimum absolute atomic E-state index is 0.299. The van der Waals surface area contributed by atoms with Gasteiger partial charge in [0.15, 0.2) is 0 Å². The quantitative estimate of drug-likeness (QED) is 0.914. The zero-order valence-electron chi connectivity index (χ0n) is 12.3. The Morgan fingerprint density at radius 2 is 1.95 bits per heavy atom. The van der Waals surface area contributed by atoms with E-state index in [0.717, 1.165) is 24.1 Å². The Morgan fingerprint density at radius 3 is 2.65 bits per heavy atom. The van der Waals surface area contributed by atoms with E-state index < -0.39 is 10.0 Å². The molecule has 2 rings (SSSR count). The molecular formula is C14H22N2O3S. The first-order chi connectivity index (χ1) is 9.46. The van der Waals surface area contributed by atoms with Crippen molar-refractivity contribution in [2.75, 3.05) is 33.3 Å². The fourth-order valence-electron chi connectivity index (χ4n) is 2.59. The van der Waals surface area contributed by atoms with Crippen molar-refractivity contribution in [1.82, 2.24) is 9.62 Å². The normalized spacial score (nSPS) is 17.8. The summed E-state index contributed by atoms with van der Waals surface area (Å²) in [6, 6.07) is 3.65. The highest BCUT2D eigenvalue weighted by Crippen LogP contribution is 2.31. The minimum atomic E-state index is -3.51. The first-order valence-electron chi connectivity index (χ1n) is 6.83. The smallest absolute Gasteiger partial charge is 0.247 e. The van der Waals surface area contributed by atoms with E-state index >= 15 is 0 Å². The molecule has 5 nitrogen and oxygen atoms in total. The molecule has 1 heterocycles. The second-order valence-corrected chi connectivity index (χ2v) is 7.00. The highest BCUT2D eigenvalue weighted by atomic mass is 32.2. The molecule has 0 spiro atoms. The lowest BCUT2D eigenvalue weighted by Gasteiger charge is -2.22. The average molecular weight is 298 g/mol. The van der Waals surface area contributed by atoms with Crippen LogP contribution in [-0.2, 0) is 10.0 Å². The zero-order chi connectivity index (χ0) is 14.8. The van der Waals surface area contributed by atoms with Gasteiger partial charge in [-0.25, -0.2) is 8.42 Å². The number of ether oxygens (including phenoxy) is 1. The van der Waals surface area contributed by atoms with Crippen LogP contribution in [0.2, 0.25) is 0 Å². The Labute approximate surface area is 121 Å². The first kappa shape index (κ1) is 15.3. The Morgan fingerprint density at radius 1 is 1.20 bits per heavy atom. The number of hydrogen-bond donors (Lipinski definition) is 1. The summed E-state index contributed by atoms with van der Waals surface area (Å²) in [5, 5.41) is 3.22. The number of methoxy groups -OCH3 is 1. The third-order valence-electron chi connectivity index (χ3n) is 3.50. The number of nitrogens with zero attached hydrogens (tertiary/aromatic N) is 1. The van der Waals surface area contributed by atoms with Crippen LogP contribution in [0.5, 0.6) is 5.75 Å². The molecule has 0 radical (unpaired) electrons. The van der Waals surface area contributed by atoms with Crippen molar-refractivity contribution in [2.24, 2.45) is 0 Å². The van der Waals surface area contributed by atoms with E-state index in [1.165, 1.54) is 7.11 Å². The molecule has 1 aliphatic heterocycles. The van der Waals surface area contributed by atoms with Gasteiger partial charge in [-0.1, -0.05) is 6.07 Å². The standard InChI is InChI=1S/C14H22N2O3S/c1-11-9-12(2)14(13(10-11)19-3)20(17,18)16-7-4-5-15-6-8-16/h9-10,15H,4-8H2,1-3H3. The van der Waals surface area contributed by atoms with E-state index in [4.69, 9.17) is 4.74 Å². The molecule has 0 aromatic heterocycles. The van der Waals surface area contributed by atoms with E-state index in [0.29, 0.717) is 30.3 Å². The summed E-state index contributed by atoms with van der Waals surface area (Å²) in [7, 11) is -2.00. The number of nitrogens with one attached hydrogen (secondary N) is 1. The monoisotopic (exact) mass is 298 g/mol. The zero-order valence-corrected chi connectivity index (χ0v) is 13.1. The van der Waals surface area contributed by atoms with Gasteiger partial charge in [-0.3, -0.25) is 0 Å². The summed E-state index contributed by atoms with van der Waals surface area (Å²) < 4.78 is 32.6. The molecule has 1 N–H and O–H groups in total. The molecule has 0 aliphatic carbocycles. The van der Waals surface area contributed by atoms with E-state index in [-0.39, 0.29) is 0 Å². The first-order valence-corrected chi connectivity index (χ1v) is 8.27. The van der Waals surface area contributed by atoms with Gasteiger partial charge in [-0.15, -0.1) is 0 Å². The van der Waals surface area contributed by atoms with Crippen LogP contribution in [0.15, 0.2) is 17.0 Å². The van der Waals surface area contributed by atoms with Gasteiger partial charge in [0, 0.05) is 19.6 Å². The third kappa shape index (κ3) is 2.97. The van der Waals surface area contributed by atoms with Gasteiger partial charge < -0.3 is 10.1 Å². The lowest BCUT2D eigenvalue weighted by atomic mass is 10.1. The Bertz CT molecular complexity index is 576. The van der Waals surface area contributed by atoms with Gasteiger partial charge in [0.25, 0.3) is 0 Å². The molecule has 20 heavy (non-hydrogen) atoms. The van der Waals surface area contributed by atoms with Crippen molar-refractivity contribution >= 4 is 10.0 Å². The lowest BCUT2D eigenvalue weighted by Crippen LogP contribution is -2.34. The molecule has 1 aromatic carbocycles. The van der Waals surface area contributed by atoms with Gasteiger partial charge in [0.2, 0.25) is 10.0 Å². The van der Waals surface area contributed by atoms with Crippen LogP contribution in [0.1, 0.15) is 17.5 Å². The number of sulfonamides is 1. The molecule has 0 saturated carbocycles. The molecule has 1 aliphatic rings. The van der Waals surface area contributed by atoms with Crippen molar-refractivity contribution in [3.8, 4) is 5.75 Å². The Kier molecular flexibility index (Phi) is 4.67. The molecule has 1 fully saturated rings. The summed E-state index contributed by atoms with van der Waals surface area (Å²) in [6.07, 6.45) is 0.826. The summed E-state index contributed by atoms with van der Waals surface area (Å²) in [4.78, 5) is 0.299. The molecule has 0 atom stereocenters. The van der Waals surface area contributed by atoms with Crippen molar-refractivity contribution in [2.45, 2.75) is 25.2 Å².